The fraction of sp³-hybridized carbons (Fsp3) is 0.286. The van der Waals surface area contributed by atoms with E-state index in [2.05, 4.69) is 6.58 Å². The van der Waals surface area contributed by atoms with E-state index in [9.17, 15) is 8.78 Å². The van der Waals surface area contributed by atoms with Gasteiger partial charge in [0.25, 0.3) is 0 Å². The Hall–Kier alpha value is -3.29. The van der Waals surface area contributed by atoms with Crippen LogP contribution in [0.1, 0.15) is 47.6 Å². The average Bonchev–Trinajstić information content (AvgIpc) is 2.82. The first kappa shape index (κ1) is 25.8. The third kappa shape index (κ3) is 4.16. The van der Waals surface area contributed by atoms with Gasteiger partial charge in [-0.15, -0.1) is 6.58 Å². The fourth-order valence-electron chi connectivity index (χ4n) is 4.43. The molecule has 0 bridgehead atoms. The van der Waals surface area contributed by atoms with E-state index < -0.39 is 63.7 Å². The van der Waals surface area contributed by atoms with Crippen molar-refractivity contribution in [2.24, 2.45) is 0 Å². The average molecular weight is 508 g/mol. The van der Waals surface area contributed by atoms with Crippen molar-refractivity contribution < 1.29 is 35.5 Å². The molecule has 0 unspecified atom stereocenters. The summed E-state index contributed by atoms with van der Waals surface area (Å²) in [5, 5.41) is 0. The van der Waals surface area contributed by atoms with Gasteiger partial charge in [-0.3, -0.25) is 0 Å². The Morgan fingerprint density at radius 2 is 1.33 bits per heavy atom. The summed E-state index contributed by atoms with van der Waals surface area (Å²) in [6.45, 7) is 4.66. The summed E-state index contributed by atoms with van der Waals surface area (Å²) in [4.78, 5) is 0. The molecule has 1 aliphatic rings. The van der Waals surface area contributed by atoms with Crippen molar-refractivity contribution in [1.29, 1.82) is 0 Å². The van der Waals surface area contributed by atoms with E-state index in [1.54, 1.807) is 13.0 Å². The maximum atomic E-state index is 15.3. The second-order valence-corrected chi connectivity index (χ2v) is 8.69. The molecule has 0 aliphatic heterocycles. The van der Waals surface area contributed by atoms with Crippen molar-refractivity contribution in [3.63, 3.8) is 0 Å². The van der Waals surface area contributed by atoms with E-state index in [4.69, 9.17) is 4.74 Å². The molecule has 0 aromatic heterocycles. The SMILES string of the molecule is C=CCCc1ccc(OCc2ccc3c(c2F)C(F)(F)C(F)(F)c2c-3ccc(CCC)c2F)cc1F. The predicted molar refractivity (Wildman–Crippen MR) is 123 cm³/mol. The molecule has 1 aliphatic carbocycles. The zero-order valence-corrected chi connectivity index (χ0v) is 19.4. The van der Waals surface area contributed by atoms with Crippen LogP contribution in [0.5, 0.6) is 5.75 Å². The topological polar surface area (TPSA) is 9.23 Å². The summed E-state index contributed by atoms with van der Waals surface area (Å²) in [5.74, 6) is -13.5. The second-order valence-electron chi connectivity index (χ2n) is 8.69. The highest BCUT2D eigenvalue weighted by Crippen LogP contribution is 2.59. The molecule has 0 saturated heterocycles. The molecule has 8 heteroatoms. The molecule has 1 nitrogen and oxygen atoms in total. The van der Waals surface area contributed by atoms with E-state index in [-0.39, 0.29) is 17.7 Å². The Morgan fingerprint density at radius 3 is 1.89 bits per heavy atom. The summed E-state index contributed by atoms with van der Waals surface area (Å²) >= 11 is 0. The number of hydrogen-bond donors (Lipinski definition) is 0. The fourth-order valence-corrected chi connectivity index (χ4v) is 4.43. The van der Waals surface area contributed by atoms with Crippen LogP contribution in [0.3, 0.4) is 0 Å². The van der Waals surface area contributed by atoms with Gasteiger partial charge < -0.3 is 4.74 Å². The second kappa shape index (κ2) is 9.64. The van der Waals surface area contributed by atoms with Crippen LogP contribution in [0, 0.1) is 17.5 Å². The number of fused-ring (bicyclic) bond motifs is 3. The highest BCUT2D eigenvalue weighted by Gasteiger charge is 2.65. The maximum absolute atomic E-state index is 15.3. The van der Waals surface area contributed by atoms with E-state index in [1.165, 1.54) is 18.2 Å². The van der Waals surface area contributed by atoms with E-state index in [1.807, 2.05) is 0 Å². The molecule has 36 heavy (non-hydrogen) atoms. The van der Waals surface area contributed by atoms with Gasteiger partial charge >= 0.3 is 11.8 Å². The highest BCUT2D eigenvalue weighted by atomic mass is 19.3. The summed E-state index contributed by atoms with van der Waals surface area (Å²) in [5.41, 5.74) is -4.06. The van der Waals surface area contributed by atoms with Crippen molar-refractivity contribution in [2.45, 2.75) is 51.1 Å². The lowest BCUT2D eigenvalue weighted by Gasteiger charge is -2.36. The largest absolute Gasteiger partial charge is 0.489 e. The van der Waals surface area contributed by atoms with Gasteiger partial charge in [-0.05, 0) is 47.6 Å². The lowest BCUT2D eigenvalue weighted by molar-refractivity contribution is -0.227. The van der Waals surface area contributed by atoms with Crippen molar-refractivity contribution in [2.75, 3.05) is 0 Å². The number of allylic oxidation sites excluding steroid dienone is 1. The molecule has 3 aromatic carbocycles. The Labute approximate surface area is 204 Å². The Balaban J connectivity index is 1.72. The Kier molecular flexibility index (Phi) is 6.90. The number of aryl methyl sites for hydroxylation is 2. The first-order valence-electron chi connectivity index (χ1n) is 11.5. The summed E-state index contributed by atoms with van der Waals surface area (Å²) in [6, 6.07) is 8.53. The third-order valence-electron chi connectivity index (χ3n) is 6.31. The predicted octanol–water partition coefficient (Wildman–Crippen LogP) is 8.62. The molecule has 190 valence electrons. The minimum Gasteiger partial charge on any atom is -0.489 e. The smallest absolute Gasteiger partial charge is 0.343 e. The van der Waals surface area contributed by atoms with Gasteiger partial charge in [-0.2, -0.15) is 17.6 Å². The summed E-state index contributed by atoms with van der Waals surface area (Å²) in [7, 11) is 0. The van der Waals surface area contributed by atoms with E-state index in [0.29, 0.717) is 24.8 Å². The van der Waals surface area contributed by atoms with Gasteiger partial charge in [0.2, 0.25) is 0 Å². The van der Waals surface area contributed by atoms with E-state index in [0.717, 1.165) is 24.3 Å². The molecular weight excluding hydrogens is 485 g/mol. The molecule has 0 radical (unpaired) electrons. The number of ether oxygens (including phenoxy) is 1. The van der Waals surface area contributed by atoms with Crippen LogP contribution < -0.4 is 4.74 Å². The number of halogens is 7. The number of hydrogen-bond acceptors (Lipinski definition) is 1. The van der Waals surface area contributed by atoms with Crippen LogP contribution >= 0.6 is 0 Å². The van der Waals surface area contributed by atoms with Crippen LogP contribution in [-0.2, 0) is 31.3 Å². The van der Waals surface area contributed by atoms with Crippen molar-refractivity contribution in [1.82, 2.24) is 0 Å². The first-order chi connectivity index (χ1) is 17.0. The van der Waals surface area contributed by atoms with Crippen molar-refractivity contribution in [3.8, 4) is 16.9 Å². The van der Waals surface area contributed by atoms with Gasteiger partial charge in [0.15, 0.2) is 0 Å². The quantitative estimate of drug-likeness (QED) is 0.219. The lowest BCUT2D eigenvalue weighted by atomic mass is 9.78. The zero-order valence-electron chi connectivity index (χ0n) is 19.4. The van der Waals surface area contributed by atoms with Crippen LogP contribution in [0.4, 0.5) is 30.7 Å². The Morgan fingerprint density at radius 1 is 0.778 bits per heavy atom. The van der Waals surface area contributed by atoms with Gasteiger partial charge in [0.05, 0.1) is 11.1 Å². The molecular formula is C28H23F7O. The summed E-state index contributed by atoms with van der Waals surface area (Å²) < 4.78 is 110. The van der Waals surface area contributed by atoms with Gasteiger partial charge in [-0.25, -0.2) is 13.2 Å². The molecule has 0 saturated carbocycles. The highest BCUT2D eigenvalue weighted by molar-refractivity contribution is 5.77. The van der Waals surface area contributed by atoms with Crippen LogP contribution in [-0.4, -0.2) is 0 Å². The van der Waals surface area contributed by atoms with Gasteiger partial charge in [-0.1, -0.05) is 49.8 Å². The first-order valence-corrected chi connectivity index (χ1v) is 11.5. The monoisotopic (exact) mass is 508 g/mol. The maximum Gasteiger partial charge on any atom is 0.343 e. The molecule has 4 rings (SSSR count). The van der Waals surface area contributed by atoms with Crippen molar-refractivity contribution >= 4 is 0 Å². The lowest BCUT2D eigenvalue weighted by Crippen LogP contribution is -2.41. The van der Waals surface area contributed by atoms with Gasteiger partial charge in [0.1, 0.15) is 29.8 Å². The van der Waals surface area contributed by atoms with E-state index >= 15 is 22.0 Å². The minimum absolute atomic E-state index is 0.0138. The molecule has 0 fully saturated rings. The van der Waals surface area contributed by atoms with Crippen molar-refractivity contribution in [3.05, 3.63) is 100 Å². The Bertz CT molecular complexity index is 1310. The molecule has 0 heterocycles. The number of alkyl halides is 4. The molecule has 0 spiro atoms. The zero-order chi connectivity index (χ0) is 26.3. The molecule has 3 aromatic rings. The third-order valence-corrected chi connectivity index (χ3v) is 6.31. The van der Waals surface area contributed by atoms with Crippen LogP contribution in [0.15, 0.2) is 55.1 Å². The summed E-state index contributed by atoms with van der Waals surface area (Å²) in [6.07, 6.45) is 3.13. The number of benzene rings is 3. The normalized spacial score (nSPS) is 15.2. The minimum atomic E-state index is -5.01. The molecule has 0 amide bonds. The van der Waals surface area contributed by atoms with Crippen LogP contribution in [0.25, 0.3) is 11.1 Å². The molecule has 0 atom stereocenters. The standard InChI is InChI=1S/C28H23F7O/c1-3-5-7-16-8-11-19(14-22(16)29)36-15-18-10-13-21-20-12-9-17(6-4-2)25(30)23(20)27(32,33)28(34,35)24(21)26(18)31/h3,8-14H,1,4-7,15H2,2H3. The number of rotatable bonds is 8. The van der Waals surface area contributed by atoms with Crippen LogP contribution in [0.2, 0.25) is 0 Å². The van der Waals surface area contributed by atoms with Gasteiger partial charge in [0, 0.05) is 11.6 Å². The molecule has 0 N–H and O–H groups in total.